The number of nitrogens with one attached hydrogen (secondary N) is 1. The molecule has 20 heavy (non-hydrogen) atoms. The van der Waals surface area contributed by atoms with Gasteiger partial charge >= 0.3 is 12.0 Å². The summed E-state index contributed by atoms with van der Waals surface area (Å²) in [5.41, 5.74) is 1.68. The highest BCUT2D eigenvalue weighted by molar-refractivity contribution is 5.83. The Morgan fingerprint density at radius 1 is 1.55 bits per heavy atom. The standard InChI is InChI=1S/C12H18N4O4/c1-7-8(5-15(2)14-7)4-13-12(20)16-6-9(17)3-10(16)11(18)19/h5,9-10,17H,3-4,6H2,1-2H3,(H,13,20)(H,18,19). The zero-order chi connectivity index (χ0) is 14.9. The topological polar surface area (TPSA) is 108 Å². The second-order valence-corrected chi connectivity index (χ2v) is 4.97. The maximum Gasteiger partial charge on any atom is 0.326 e. The molecule has 2 atom stereocenters. The molecule has 0 bridgehead atoms. The number of hydrogen-bond donors (Lipinski definition) is 3. The fraction of sp³-hybridized carbons (Fsp3) is 0.583. The summed E-state index contributed by atoms with van der Waals surface area (Å²) in [4.78, 5) is 24.2. The first-order chi connectivity index (χ1) is 9.38. The number of carbonyl (C=O) groups is 2. The second-order valence-electron chi connectivity index (χ2n) is 4.97. The average molecular weight is 282 g/mol. The number of aryl methyl sites for hydroxylation is 2. The largest absolute Gasteiger partial charge is 0.480 e. The molecule has 1 saturated heterocycles. The normalized spacial score (nSPS) is 22.1. The van der Waals surface area contributed by atoms with E-state index in [4.69, 9.17) is 5.11 Å². The van der Waals surface area contributed by atoms with Crippen molar-refractivity contribution in [3.8, 4) is 0 Å². The molecule has 8 heteroatoms. The number of aliphatic hydroxyl groups excluding tert-OH is 1. The molecule has 2 rings (SSSR count). The Balaban J connectivity index is 1.97. The Kier molecular flexibility index (Phi) is 3.93. The van der Waals surface area contributed by atoms with Crippen molar-refractivity contribution in [2.45, 2.75) is 32.0 Å². The van der Waals surface area contributed by atoms with Crippen LogP contribution in [-0.4, -0.2) is 55.6 Å². The van der Waals surface area contributed by atoms with Gasteiger partial charge in [0.25, 0.3) is 0 Å². The monoisotopic (exact) mass is 282 g/mol. The maximum atomic E-state index is 12.0. The molecule has 0 radical (unpaired) electrons. The number of amides is 2. The van der Waals surface area contributed by atoms with Crippen LogP contribution in [-0.2, 0) is 18.4 Å². The van der Waals surface area contributed by atoms with Crippen molar-refractivity contribution in [2.75, 3.05) is 6.54 Å². The highest BCUT2D eigenvalue weighted by Gasteiger charge is 2.38. The van der Waals surface area contributed by atoms with E-state index in [2.05, 4.69) is 10.4 Å². The first-order valence-electron chi connectivity index (χ1n) is 6.33. The minimum Gasteiger partial charge on any atom is -0.480 e. The van der Waals surface area contributed by atoms with Crippen LogP contribution in [0.4, 0.5) is 4.79 Å². The molecule has 1 fully saturated rings. The van der Waals surface area contributed by atoms with Crippen LogP contribution in [0.1, 0.15) is 17.7 Å². The fourth-order valence-corrected chi connectivity index (χ4v) is 2.37. The third-order valence-corrected chi connectivity index (χ3v) is 3.37. The number of nitrogens with zero attached hydrogens (tertiary/aromatic N) is 3. The Labute approximate surface area is 116 Å². The van der Waals surface area contributed by atoms with Crippen molar-refractivity contribution in [2.24, 2.45) is 7.05 Å². The number of aliphatic hydroxyl groups is 1. The van der Waals surface area contributed by atoms with E-state index < -0.39 is 24.1 Å². The molecule has 3 N–H and O–H groups in total. The molecule has 0 saturated carbocycles. The van der Waals surface area contributed by atoms with Crippen molar-refractivity contribution in [1.29, 1.82) is 0 Å². The molecule has 2 heterocycles. The van der Waals surface area contributed by atoms with E-state index in [9.17, 15) is 14.7 Å². The highest BCUT2D eigenvalue weighted by atomic mass is 16.4. The summed E-state index contributed by atoms with van der Waals surface area (Å²) in [6.07, 6.45) is 1.07. The fourth-order valence-electron chi connectivity index (χ4n) is 2.37. The first-order valence-corrected chi connectivity index (χ1v) is 6.33. The lowest BCUT2D eigenvalue weighted by Gasteiger charge is -2.21. The first kappa shape index (κ1) is 14.3. The highest BCUT2D eigenvalue weighted by Crippen LogP contribution is 2.18. The van der Waals surface area contributed by atoms with E-state index >= 15 is 0 Å². The minimum atomic E-state index is -1.10. The van der Waals surface area contributed by atoms with Gasteiger partial charge in [-0.05, 0) is 6.92 Å². The van der Waals surface area contributed by atoms with Gasteiger partial charge in [0.15, 0.2) is 0 Å². The number of aliphatic carboxylic acids is 1. The lowest BCUT2D eigenvalue weighted by Crippen LogP contribution is -2.46. The van der Waals surface area contributed by atoms with E-state index in [1.165, 1.54) is 0 Å². The number of rotatable bonds is 3. The minimum absolute atomic E-state index is 0.0365. The molecular weight excluding hydrogens is 264 g/mol. The van der Waals surface area contributed by atoms with Crippen LogP contribution in [0.2, 0.25) is 0 Å². The summed E-state index contributed by atoms with van der Waals surface area (Å²) in [6.45, 7) is 2.15. The van der Waals surface area contributed by atoms with Gasteiger partial charge in [-0.1, -0.05) is 0 Å². The summed E-state index contributed by atoms with van der Waals surface area (Å²) < 4.78 is 1.65. The van der Waals surface area contributed by atoms with E-state index in [0.717, 1.165) is 16.2 Å². The van der Waals surface area contributed by atoms with Crippen LogP contribution in [0.3, 0.4) is 0 Å². The zero-order valence-corrected chi connectivity index (χ0v) is 11.4. The van der Waals surface area contributed by atoms with Gasteiger partial charge in [0.05, 0.1) is 11.8 Å². The molecule has 0 aromatic carbocycles. The van der Waals surface area contributed by atoms with Gasteiger partial charge in [-0.3, -0.25) is 4.68 Å². The lowest BCUT2D eigenvalue weighted by atomic mass is 10.2. The predicted molar refractivity (Wildman–Crippen MR) is 68.9 cm³/mol. The molecule has 110 valence electrons. The van der Waals surface area contributed by atoms with Crippen LogP contribution >= 0.6 is 0 Å². The Morgan fingerprint density at radius 2 is 2.25 bits per heavy atom. The van der Waals surface area contributed by atoms with Gasteiger partial charge in [0.1, 0.15) is 6.04 Å². The van der Waals surface area contributed by atoms with E-state index in [-0.39, 0.29) is 19.5 Å². The second kappa shape index (κ2) is 5.49. The third-order valence-electron chi connectivity index (χ3n) is 3.37. The van der Waals surface area contributed by atoms with Crippen LogP contribution in [0.5, 0.6) is 0 Å². The lowest BCUT2D eigenvalue weighted by molar-refractivity contribution is -0.141. The molecule has 0 aliphatic carbocycles. The molecule has 2 unspecified atom stereocenters. The smallest absolute Gasteiger partial charge is 0.326 e. The average Bonchev–Trinajstić information content (AvgIpc) is 2.89. The Morgan fingerprint density at radius 3 is 2.80 bits per heavy atom. The zero-order valence-electron chi connectivity index (χ0n) is 11.4. The van der Waals surface area contributed by atoms with Gasteiger partial charge < -0.3 is 20.4 Å². The number of carbonyl (C=O) groups excluding carboxylic acids is 1. The molecule has 1 aromatic rings. The van der Waals surface area contributed by atoms with Gasteiger partial charge in [0.2, 0.25) is 0 Å². The van der Waals surface area contributed by atoms with E-state index in [0.29, 0.717) is 0 Å². The van der Waals surface area contributed by atoms with Gasteiger partial charge in [0, 0.05) is 38.3 Å². The summed E-state index contributed by atoms with van der Waals surface area (Å²) in [5.74, 6) is -1.10. The predicted octanol–water partition coefficient (Wildman–Crippen LogP) is -0.542. The molecular formula is C12H18N4O4. The van der Waals surface area contributed by atoms with E-state index in [1.807, 2.05) is 6.92 Å². The number of likely N-dealkylation sites (tertiary alicyclic amines) is 1. The summed E-state index contributed by atoms with van der Waals surface area (Å²) in [7, 11) is 1.79. The van der Waals surface area contributed by atoms with Crippen LogP contribution < -0.4 is 5.32 Å². The van der Waals surface area contributed by atoms with Crippen LogP contribution in [0.25, 0.3) is 0 Å². The molecule has 1 aliphatic heterocycles. The number of carboxylic acid groups (broad SMARTS) is 1. The van der Waals surface area contributed by atoms with Crippen LogP contribution in [0.15, 0.2) is 6.20 Å². The quantitative estimate of drug-likeness (QED) is 0.690. The van der Waals surface area contributed by atoms with Crippen LogP contribution in [0, 0.1) is 6.92 Å². The SMILES string of the molecule is Cc1nn(C)cc1CNC(=O)N1CC(O)CC1C(=O)O. The summed E-state index contributed by atoms with van der Waals surface area (Å²) in [5, 5.41) is 25.4. The van der Waals surface area contributed by atoms with Crippen molar-refractivity contribution in [3.05, 3.63) is 17.5 Å². The van der Waals surface area contributed by atoms with Crippen molar-refractivity contribution in [1.82, 2.24) is 20.0 Å². The molecule has 8 nitrogen and oxygen atoms in total. The van der Waals surface area contributed by atoms with Crippen molar-refractivity contribution < 1.29 is 19.8 Å². The van der Waals surface area contributed by atoms with Gasteiger partial charge in [-0.25, -0.2) is 9.59 Å². The van der Waals surface area contributed by atoms with E-state index in [1.54, 1.807) is 17.9 Å². The van der Waals surface area contributed by atoms with Gasteiger partial charge in [-0.2, -0.15) is 5.10 Å². The molecule has 1 aromatic heterocycles. The summed E-state index contributed by atoms with van der Waals surface area (Å²) in [6, 6.07) is -1.46. The Bertz CT molecular complexity index is 528. The Hall–Kier alpha value is -2.09. The number of aromatic nitrogens is 2. The number of β-amino-alcohol motifs (C(OH)–C–C–N with tert-alkyl or cyclic N) is 1. The number of carboxylic acids is 1. The number of urea groups is 1. The van der Waals surface area contributed by atoms with Gasteiger partial charge in [-0.15, -0.1) is 0 Å². The molecule has 0 spiro atoms. The summed E-state index contributed by atoms with van der Waals surface area (Å²) >= 11 is 0. The van der Waals surface area contributed by atoms with Crippen molar-refractivity contribution in [3.63, 3.8) is 0 Å². The molecule has 1 aliphatic rings. The maximum absolute atomic E-state index is 12.0. The third kappa shape index (κ3) is 2.90. The molecule has 2 amide bonds. The number of hydrogen-bond acceptors (Lipinski definition) is 4. The van der Waals surface area contributed by atoms with Crippen molar-refractivity contribution >= 4 is 12.0 Å².